The Morgan fingerprint density at radius 1 is 1.15 bits per heavy atom. The van der Waals surface area contributed by atoms with E-state index in [2.05, 4.69) is 17.0 Å². The molecule has 4 N–H and O–H groups in total. The molecule has 0 atom stereocenters. The van der Waals surface area contributed by atoms with Gasteiger partial charge in [0.2, 0.25) is 0 Å². The summed E-state index contributed by atoms with van der Waals surface area (Å²) in [5.74, 6) is 1.17. The maximum atomic E-state index is 12.4. The van der Waals surface area contributed by atoms with Crippen LogP contribution in [0.3, 0.4) is 0 Å². The lowest BCUT2D eigenvalue weighted by Crippen LogP contribution is -2.49. The van der Waals surface area contributed by atoms with Crippen molar-refractivity contribution in [2.45, 2.75) is 77.5 Å². The van der Waals surface area contributed by atoms with Crippen molar-refractivity contribution >= 4 is 28.9 Å². The normalized spacial score (nSPS) is 22.9. The summed E-state index contributed by atoms with van der Waals surface area (Å²) in [5, 5.41) is 0. The lowest BCUT2D eigenvalue weighted by atomic mass is 9.78. The van der Waals surface area contributed by atoms with Gasteiger partial charge < -0.3 is 21.1 Å². The van der Waals surface area contributed by atoms with E-state index in [0.717, 1.165) is 92.2 Å². The third-order valence-corrected chi connectivity index (χ3v) is 8.08. The van der Waals surface area contributed by atoms with Crippen molar-refractivity contribution < 1.29 is 9.53 Å². The molecule has 40 heavy (non-hydrogen) atoms. The van der Waals surface area contributed by atoms with Gasteiger partial charge in [-0.15, -0.1) is 0 Å². The van der Waals surface area contributed by atoms with Gasteiger partial charge in [0.15, 0.2) is 0 Å². The van der Waals surface area contributed by atoms with Gasteiger partial charge in [0.05, 0.1) is 29.0 Å². The molecule has 9 nitrogen and oxygen atoms in total. The molecular weight excluding hydrogens is 502 g/mol. The van der Waals surface area contributed by atoms with E-state index >= 15 is 0 Å². The first-order chi connectivity index (χ1) is 19.2. The third-order valence-electron chi connectivity index (χ3n) is 8.08. The van der Waals surface area contributed by atoms with Gasteiger partial charge in [-0.25, -0.2) is 9.78 Å². The second-order valence-electron chi connectivity index (χ2n) is 12.7. The molecule has 3 fully saturated rings. The number of benzene rings is 1. The summed E-state index contributed by atoms with van der Waals surface area (Å²) in [6.45, 7) is 10.2. The van der Waals surface area contributed by atoms with E-state index in [4.69, 9.17) is 31.2 Å². The average Bonchev–Trinajstić information content (AvgIpc) is 3.74. The molecule has 1 amide bonds. The van der Waals surface area contributed by atoms with Crippen molar-refractivity contribution in [2.75, 3.05) is 32.7 Å². The van der Waals surface area contributed by atoms with Gasteiger partial charge >= 0.3 is 6.09 Å². The maximum Gasteiger partial charge on any atom is 0.410 e. The predicted molar refractivity (Wildman–Crippen MR) is 160 cm³/mol. The molecule has 5 rings (SSSR count). The Hall–Kier alpha value is -3.04. The van der Waals surface area contributed by atoms with Crippen LogP contribution < -0.4 is 11.5 Å². The number of amides is 1. The number of nitrogens with zero attached hydrogens (tertiary/aromatic N) is 5. The van der Waals surface area contributed by atoms with E-state index in [-0.39, 0.29) is 6.09 Å². The van der Waals surface area contributed by atoms with Gasteiger partial charge in [-0.05, 0) is 95.4 Å². The fraction of sp³-hybridized carbons (Fsp3) is 0.613. The fourth-order valence-corrected chi connectivity index (χ4v) is 5.51. The summed E-state index contributed by atoms with van der Waals surface area (Å²) in [6.07, 6.45) is 10.4. The van der Waals surface area contributed by atoms with Crippen LogP contribution in [0.25, 0.3) is 16.6 Å². The molecule has 0 radical (unpaired) electrons. The topological polar surface area (TPSA) is 123 Å². The Balaban J connectivity index is 1.25. The minimum atomic E-state index is -0.478. The summed E-state index contributed by atoms with van der Waals surface area (Å²) in [6, 6.07) is 6.64. The van der Waals surface area contributed by atoms with Gasteiger partial charge in [0.25, 0.3) is 0 Å². The monoisotopic (exact) mass is 547 g/mol. The van der Waals surface area contributed by atoms with Crippen LogP contribution in [-0.2, 0) is 11.3 Å². The van der Waals surface area contributed by atoms with Crippen LogP contribution in [0.15, 0.2) is 35.1 Å². The summed E-state index contributed by atoms with van der Waals surface area (Å²) in [7, 11) is 0. The molecule has 2 heterocycles. The molecule has 2 aromatic rings. The third kappa shape index (κ3) is 7.37. The van der Waals surface area contributed by atoms with E-state index in [1.54, 1.807) is 4.90 Å². The number of hydrogen-bond acceptors (Lipinski definition) is 8. The Kier molecular flexibility index (Phi) is 8.71. The van der Waals surface area contributed by atoms with Crippen molar-refractivity contribution in [3.8, 4) is 0 Å². The zero-order chi connectivity index (χ0) is 28.3. The summed E-state index contributed by atoms with van der Waals surface area (Å²) >= 11 is 0. The number of aliphatic imine (C=N–C) groups is 1. The van der Waals surface area contributed by atoms with Gasteiger partial charge in [0.1, 0.15) is 5.60 Å². The lowest BCUT2D eigenvalue weighted by molar-refractivity contribution is 0.0139. The first-order valence-electron chi connectivity index (χ1n) is 14.9. The Morgan fingerprint density at radius 3 is 2.58 bits per heavy atom. The average molecular weight is 548 g/mol. The van der Waals surface area contributed by atoms with Crippen LogP contribution in [0.2, 0.25) is 0 Å². The molecule has 2 aliphatic carbocycles. The van der Waals surface area contributed by atoms with E-state index < -0.39 is 5.60 Å². The standard InChI is InChI=1S/C31H45N7O2/c1-31(2,3)40-30(39)38-13-11-37(12-14-38)20-22-6-9-26-27(17-22)36-28(19-35-26)25(29(33)23-7-8-23)18-34-24-15-21(16-24)5-4-10-32/h6,9,17-19,21,23-24H,4-5,7-8,10-16,20,32-33H2,1-3H3. The SMILES string of the molecule is CC(C)(C)OC(=O)N1CCN(Cc2ccc3ncc(C(C=NC4CC(CCCN)C4)=C(N)C4CC4)nc3c2)CC1. The van der Waals surface area contributed by atoms with Gasteiger partial charge in [-0.2, -0.15) is 0 Å². The summed E-state index contributed by atoms with van der Waals surface area (Å²) < 4.78 is 5.53. The van der Waals surface area contributed by atoms with E-state index in [0.29, 0.717) is 25.0 Å². The molecule has 1 aliphatic heterocycles. The molecule has 3 aliphatic rings. The van der Waals surface area contributed by atoms with Crippen molar-refractivity contribution in [1.82, 2.24) is 19.8 Å². The molecular formula is C31H45N7O2. The minimum absolute atomic E-state index is 0.234. The Morgan fingerprint density at radius 2 is 1.90 bits per heavy atom. The highest BCUT2D eigenvalue weighted by molar-refractivity contribution is 6.10. The molecule has 1 saturated heterocycles. The quantitative estimate of drug-likeness (QED) is 0.448. The molecule has 0 bridgehead atoms. The number of ether oxygens (including phenoxy) is 1. The minimum Gasteiger partial charge on any atom is -0.444 e. The highest BCUT2D eigenvalue weighted by Gasteiger charge is 2.30. The molecule has 0 unspecified atom stereocenters. The highest BCUT2D eigenvalue weighted by Crippen LogP contribution is 2.38. The van der Waals surface area contributed by atoms with Crippen LogP contribution in [0, 0.1) is 11.8 Å². The fourth-order valence-electron chi connectivity index (χ4n) is 5.51. The smallest absolute Gasteiger partial charge is 0.410 e. The van der Waals surface area contributed by atoms with Crippen molar-refractivity contribution in [3.63, 3.8) is 0 Å². The maximum absolute atomic E-state index is 12.4. The van der Waals surface area contributed by atoms with Crippen molar-refractivity contribution in [1.29, 1.82) is 0 Å². The largest absolute Gasteiger partial charge is 0.444 e. The second kappa shape index (κ2) is 12.2. The van der Waals surface area contributed by atoms with Gasteiger partial charge in [-0.3, -0.25) is 14.9 Å². The number of rotatable bonds is 9. The van der Waals surface area contributed by atoms with Crippen LogP contribution in [0.5, 0.6) is 0 Å². The van der Waals surface area contributed by atoms with Gasteiger partial charge in [-0.1, -0.05) is 6.07 Å². The lowest BCUT2D eigenvalue weighted by Gasteiger charge is -2.35. The molecule has 1 aromatic heterocycles. The predicted octanol–water partition coefficient (Wildman–Crippen LogP) is 4.35. The van der Waals surface area contributed by atoms with Crippen molar-refractivity contribution in [2.24, 2.45) is 28.3 Å². The Labute approximate surface area is 238 Å². The first kappa shape index (κ1) is 28.5. The molecule has 0 spiro atoms. The van der Waals surface area contributed by atoms with Crippen molar-refractivity contribution in [3.05, 3.63) is 41.4 Å². The van der Waals surface area contributed by atoms with Crippen LogP contribution in [0.4, 0.5) is 4.79 Å². The number of fused-ring (bicyclic) bond motifs is 1. The molecule has 9 heteroatoms. The number of aromatic nitrogens is 2. The molecule has 1 aromatic carbocycles. The number of piperazine rings is 1. The van der Waals surface area contributed by atoms with E-state index in [1.807, 2.05) is 39.2 Å². The van der Waals surface area contributed by atoms with E-state index in [9.17, 15) is 4.79 Å². The zero-order valence-electron chi connectivity index (χ0n) is 24.3. The number of carbonyl (C=O) groups excluding carboxylic acids is 1. The first-order valence-corrected chi connectivity index (χ1v) is 14.9. The van der Waals surface area contributed by atoms with Crippen LogP contribution in [-0.4, -0.2) is 76.4 Å². The second-order valence-corrected chi connectivity index (χ2v) is 12.7. The number of carbonyl (C=O) groups is 1. The summed E-state index contributed by atoms with van der Waals surface area (Å²) in [4.78, 5) is 31.2. The number of nitrogens with two attached hydrogens (primary N) is 2. The van der Waals surface area contributed by atoms with E-state index in [1.165, 1.54) is 12.0 Å². The Bertz CT molecular complexity index is 1250. The highest BCUT2D eigenvalue weighted by atomic mass is 16.6. The van der Waals surface area contributed by atoms with Crippen LogP contribution in [0.1, 0.15) is 70.6 Å². The van der Waals surface area contributed by atoms with Gasteiger partial charge in [0, 0.05) is 50.2 Å². The summed E-state index contributed by atoms with van der Waals surface area (Å²) in [5.41, 5.74) is 17.3. The van der Waals surface area contributed by atoms with Crippen LogP contribution >= 0.6 is 0 Å². The molecule has 2 saturated carbocycles. The molecule has 216 valence electrons. The number of hydrogen-bond donors (Lipinski definition) is 2. The number of allylic oxidation sites excluding steroid dienone is 2. The zero-order valence-corrected chi connectivity index (χ0v) is 24.3.